The molecule has 0 amide bonds. The van der Waals surface area contributed by atoms with E-state index >= 15 is 0 Å². The molecule has 3 N–H and O–H groups in total. The van der Waals surface area contributed by atoms with Gasteiger partial charge in [-0.1, -0.05) is 12.1 Å². The molecule has 0 saturated carbocycles. The van der Waals surface area contributed by atoms with Crippen molar-refractivity contribution >= 4 is 17.1 Å². The number of nitrogen functional groups attached to an aromatic ring is 1. The van der Waals surface area contributed by atoms with Crippen LogP contribution in [0.2, 0.25) is 0 Å². The van der Waals surface area contributed by atoms with Gasteiger partial charge in [0.15, 0.2) is 0 Å². The average Bonchev–Trinajstić information content (AvgIpc) is 2.33. The van der Waals surface area contributed by atoms with Gasteiger partial charge in [-0.15, -0.1) is 0 Å². The molecule has 2 aromatic rings. The monoisotopic (exact) mass is 256 g/mol. The van der Waals surface area contributed by atoms with Crippen molar-refractivity contribution in [2.75, 3.05) is 18.2 Å². The first-order valence-electron chi connectivity index (χ1n) is 6.29. The van der Waals surface area contributed by atoms with Crippen LogP contribution in [0.4, 0.5) is 17.1 Å². The number of methoxy groups -OCH3 is 1. The fraction of sp³-hybridized carbons (Fsp3) is 0.250. The fourth-order valence-corrected chi connectivity index (χ4v) is 2.24. The smallest absolute Gasteiger partial charge is 0.145 e. The number of ether oxygens (including phenoxy) is 1. The van der Waals surface area contributed by atoms with E-state index in [4.69, 9.17) is 10.5 Å². The average molecular weight is 256 g/mol. The summed E-state index contributed by atoms with van der Waals surface area (Å²) in [5, 5.41) is 3.36. The van der Waals surface area contributed by atoms with Crippen LogP contribution in [-0.4, -0.2) is 7.11 Å². The molecule has 0 aliphatic rings. The molecule has 2 rings (SSSR count). The number of anilines is 3. The molecule has 0 saturated heterocycles. The third-order valence-corrected chi connectivity index (χ3v) is 3.10. The Morgan fingerprint density at radius 2 is 1.63 bits per heavy atom. The minimum Gasteiger partial charge on any atom is -0.494 e. The third kappa shape index (κ3) is 2.81. The van der Waals surface area contributed by atoms with Crippen LogP contribution < -0.4 is 15.8 Å². The number of hydrogen-bond donors (Lipinski definition) is 2. The van der Waals surface area contributed by atoms with Crippen molar-refractivity contribution in [3.8, 4) is 5.75 Å². The van der Waals surface area contributed by atoms with Crippen LogP contribution in [0.5, 0.6) is 5.75 Å². The van der Waals surface area contributed by atoms with Crippen LogP contribution in [0.3, 0.4) is 0 Å². The molecule has 2 aromatic carbocycles. The van der Waals surface area contributed by atoms with Crippen LogP contribution in [0.1, 0.15) is 16.7 Å². The molecular weight excluding hydrogens is 236 g/mol. The summed E-state index contributed by atoms with van der Waals surface area (Å²) in [6.07, 6.45) is 0. The van der Waals surface area contributed by atoms with Gasteiger partial charge in [0.25, 0.3) is 0 Å². The van der Waals surface area contributed by atoms with E-state index in [1.54, 1.807) is 7.11 Å². The van der Waals surface area contributed by atoms with Gasteiger partial charge >= 0.3 is 0 Å². The fourth-order valence-electron chi connectivity index (χ4n) is 2.24. The van der Waals surface area contributed by atoms with Crippen LogP contribution in [0.25, 0.3) is 0 Å². The Bertz CT molecular complexity index is 606. The molecule has 19 heavy (non-hydrogen) atoms. The molecular formula is C16H20N2O. The van der Waals surface area contributed by atoms with E-state index in [2.05, 4.69) is 24.4 Å². The highest BCUT2D eigenvalue weighted by molar-refractivity contribution is 5.77. The van der Waals surface area contributed by atoms with Crippen molar-refractivity contribution < 1.29 is 4.74 Å². The van der Waals surface area contributed by atoms with Crippen LogP contribution in [-0.2, 0) is 0 Å². The Morgan fingerprint density at radius 3 is 2.32 bits per heavy atom. The number of benzene rings is 2. The van der Waals surface area contributed by atoms with Crippen molar-refractivity contribution in [3.63, 3.8) is 0 Å². The van der Waals surface area contributed by atoms with Crippen LogP contribution >= 0.6 is 0 Å². The van der Waals surface area contributed by atoms with Crippen molar-refractivity contribution in [2.45, 2.75) is 20.8 Å². The van der Waals surface area contributed by atoms with Gasteiger partial charge in [-0.05, 0) is 55.7 Å². The highest BCUT2D eigenvalue weighted by Crippen LogP contribution is 2.34. The van der Waals surface area contributed by atoms with Gasteiger partial charge in [0, 0.05) is 0 Å². The van der Waals surface area contributed by atoms with Gasteiger partial charge in [0.2, 0.25) is 0 Å². The van der Waals surface area contributed by atoms with Gasteiger partial charge in [0.05, 0.1) is 24.2 Å². The largest absolute Gasteiger partial charge is 0.494 e. The highest BCUT2D eigenvalue weighted by Gasteiger charge is 2.09. The summed E-state index contributed by atoms with van der Waals surface area (Å²) in [6, 6.07) is 10.1. The summed E-state index contributed by atoms with van der Waals surface area (Å²) < 4.78 is 5.47. The molecule has 0 heterocycles. The molecule has 0 bridgehead atoms. The zero-order valence-corrected chi connectivity index (χ0v) is 11.9. The van der Waals surface area contributed by atoms with Gasteiger partial charge in [-0.3, -0.25) is 0 Å². The molecule has 0 aliphatic carbocycles. The lowest BCUT2D eigenvalue weighted by molar-refractivity contribution is 0.413. The van der Waals surface area contributed by atoms with E-state index in [1.807, 2.05) is 32.0 Å². The summed E-state index contributed by atoms with van der Waals surface area (Å²) in [6.45, 7) is 6.15. The highest BCUT2D eigenvalue weighted by atomic mass is 16.5. The normalized spacial score (nSPS) is 10.3. The molecule has 0 aromatic heterocycles. The summed E-state index contributed by atoms with van der Waals surface area (Å²) in [5.41, 5.74) is 12.0. The maximum Gasteiger partial charge on any atom is 0.145 e. The first kappa shape index (κ1) is 13.3. The molecule has 0 unspecified atom stereocenters. The third-order valence-electron chi connectivity index (χ3n) is 3.10. The van der Waals surface area contributed by atoms with Crippen molar-refractivity contribution in [1.82, 2.24) is 0 Å². The minimum atomic E-state index is 0.729. The topological polar surface area (TPSA) is 47.3 Å². The minimum absolute atomic E-state index is 0.729. The van der Waals surface area contributed by atoms with Gasteiger partial charge in [-0.25, -0.2) is 0 Å². The van der Waals surface area contributed by atoms with Crippen LogP contribution in [0, 0.1) is 20.8 Å². The van der Waals surface area contributed by atoms with E-state index in [-0.39, 0.29) is 0 Å². The maximum absolute atomic E-state index is 6.00. The summed E-state index contributed by atoms with van der Waals surface area (Å²) in [5.74, 6) is 0.853. The second-order valence-electron chi connectivity index (χ2n) is 4.88. The first-order valence-corrected chi connectivity index (χ1v) is 6.29. The Balaban J connectivity index is 2.45. The number of nitrogens with one attached hydrogen (secondary N) is 1. The zero-order valence-electron chi connectivity index (χ0n) is 11.9. The molecule has 0 radical (unpaired) electrons. The molecule has 0 atom stereocenters. The molecule has 0 spiro atoms. The molecule has 0 fully saturated rings. The Morgan fingerprint density at radius 1 is 0.947 bits per heavy atom. The lowest BCUT2D eigenvalue weighted by atomic mass is 10.1. The molecule has 3 heteroatoms. The number of rotatable bonds is 3. The SMILES string of the molecule is COc1c(C)cc(C)cc1Nc1cc(C)ccc1N. The lowest BCUT2D eigenvalue weighted by Crippen LogP contribution is -2.00. The number of nitrogens with two attached hydrogens (primary N) is 1. The lowest BCUT2D eigenvalue weighted by Gasteiger charge is -2.16. The Labute approximate surface area is 114 Å². The second kappa shape index (κ2) is 5.22. The van der Waals surface area contributed by atoms with Gasteiger partial charge in [0.1, 0.15) is 5.75 Å². The van der Waals surface area contributed by atoms with Crippen molar-refractivity contribution in [3.05, 3.63) is 47.0 Å². The zero-order chi connectivity index (χ0) is 14.0. The number of hydrogen-bond acceptors (Lipinski definition) is 3. The van der Waals surface area contributed by atoms with Gasteiger partial charge in [-0.2, -0.15) is 0 Å². The number of aryl methyl sites for hydroxylation is 3. The Kier molecular flexibility index (Phi) is 3.65. The Hall–Kier alpha value is -2.16. The van der Waals surface area contributed by atoms with Crippen LogP contribution in [0.15, 0.2) is 30.3 Å². The van der Waals surface area contributed by atoms with Crippen molar-refractivity contribution in [1.29, 1.82) is 0 Å². The standard InChI is InChI=1S/C16H20N2O/c1-10-5-6-13(17)14(8-10)18-15-9-11(2)7-12(3)16(15)19-4/h5-9,18H,17H2,1-4H3. The molecule has 0 aliphatic heterocycles. The van der Waals surface area contributed by atoms with E-state index in [0.717, 1.165) is 28.4 Å². The van der Waals surface area contributed by atoms with E-state index in [0.29, 0.717) is 0 Å². The predicted octanol–water partition coefficient (Wildman–Crippen LogP) is 3.95. The predicted molar refractivity (Wildman–Crippen MR) is 81.3 cm³/mol. The summed E-state index contributed by atoms with van der Waals surface area (Å²) in [7, 11) is 1.68. The summed E-state index contributed by atoms with van der Waals surface area (Å²) in [4.78, 5) is 0. The first-order chi connectivity index (χ1) is 9.01. The molecule has 3 nitrogen and oxygen atoms in total. The second-order valence-corrected chi connectivity index (χ2v) is 4.88. The van der Waals surface area contributed by atoms with Crippen molar-refractivity contribution in [2.24, 2.45) is 0 Å². The van der Waals surface area contributed by atoms with E-state index < -0.39 is 0 Å². The maximum atomic E-state index is 6.00. The van der Waals surface area contributed by atoms with E-state index in [1.165, 1.54) is 11.1 Å². The van der Waals surface area contributed by atoms with Gasteiger partial charge < -0.3 is 15.8 Å². The van der Waals surface area contributed by atoms with E-state index in [9.17, 15) is 0 Å². The summed E-state index contributed by atoms with van der Waals surface area (Å²) >= 11 is 0. The molecule has 100 valence electrons. The quantitative estimate of drug-likeness (QED) is 0.817.